The van der Waals surface area contributed by atoms with Crippen molar-refractivity contribution < 1.29 is 19.1 Å². The molecule has 0 bridgehead atoms. The highest BCUT2D eigenvalue weighted by Gasteiger charge is 2.01. The van der Waals surface area contributed by atoms with E-state index in [0.717, 1.165) is 12.4 Å². The summed E-state index contributed by atoms with van der Waals surface area (Å²) in [5, 5.41) is 0. The Morgan fingerprint density at radius 3 is 2.79 bits per heavy atom. The summed E-state index contributed by atoms with van der Waals surface area (Å²) >= 11 is 0. The number of methoxy groups -OCH3 is 1. The molecule has 0 unspecified atom stereocenters. The Hall–Kier alpha value is -1.58. The fourth-order valence-electron chi connectivity index (χ4n) is 0.738. The van der Waals surface area contributed by atoms with E-state index in [4.69, 9.17) is 4.74 Å². The van der Waals surface area contributed by atoms with Gasteiger partial charge in [-0.25, -0.2) is 4.79 Å². The molecule has 1 atom stereocenters. The molecule has 0 saturated heterocycles. The summed E-state index contributed by atoms with van der Waals surface area (Å²) in [6.07, 6.45) is 5.50. The molecule has 4 nitrogen and oxygen atoms in total. The van der Waals surface area contributed by atoms with Crippen molar-refractivity contribution in [3.8, 4) is 0 Å². The second-order valence-corrected chi connectivity index (χ2v) is 2.48. The van der Waals surface area contributed by atoms with E-state index >= 15 is 0 Å². The Morgan fingerprint density at radius 1 is 1.57 bits per heavy atom. The standard InChI is InChI=1S/C10H14O4/c1-3-9(5-4-7-11)14-8-6-10(12)13-2/h3,6-9H,1,4-5H2,2H3/b8-6+/t9-/m0/s1. The van der Waals surface area contributed by atoms with Crippen molar-refractivity contribution in [3.05, 3.63) is 25.0 Å². The maximum absolute atomic E-state index is 10.6. The van der Waals surface area contributed by atoms with Crippen LogP contribution in [-0.4, -0.2) is 25.5 Å². The summed E-state index contributed by atoms with van der Waals surface area (Å²) in [4.78, 5) is 20.7. The van der Waals surface area contributed by atoms with Crippen LogP contribution >= 0.6 is 0 Å². The summed E-state index contributed by atoms with van der Waals surface area (Å²) in [7, 11) is 1.28. The van der Waals surface area contributed by atoms with Crippen LogP contribution in [0.4, 0.5) is 0 Å². The zero-order chi connectivity index (χ0) is 10.8. The van der Waals surface area contributed by atoms with E-state index in [1.54, 1.807) is 6.08 Å². The molecule has 14 heavy (non-hydrogen) atoms. The van der Waals surface area contributed by atoms with Gasteiger partial charge in [0.25, 0.3) is 0 Å². The Kier molecular flexibility index (Phi) is 7.13. The fraction of sp³-hybridized carbons (Fsp3) is 0.400. The SMILES string of the molecule is C=C[C@@H](CCC=O)O/C=C/C(=O)OC. The molecule has 4 heteroatoms. The van der Waals surface area contributed by atoms with Gasteiger partial charge in [0, 0.05) is 6.42 Å². The Labute approximate surface area is 83.2 Å². The van der Waals surface area contributed by atoms with Gasteiger partial charge in [0.05, 0.1) is 19.4 Å². The van der Waals surface area contributed by atoms with Crippen molar-refractivity contribution in [2.24, 2.45) is 0 Å². The first-order valence-corrected chi connectivity index (χ1v) is 4.20. The zero-order valence-corrected chi connectivity index (χ0v) is 8.14. The number of hydrogen-bond donors (Lipinski definition) is 0. The largest absolute Gasteiger partial charge is 0.494 e. The lowest BCUT2D eigenvalue weighted by Crippen LogP contribution is -2.06. The normalized spacial score (nSPS) is 12.1. The van der Waals surface area contributed by atoms with Crippen molar-refractivity contribution in [2.45, 2.75) is 18.9 Å². The quantitative estimate of drug-likeness (QED) is 0.203. The molecule has 0 spiro atoms. The molecule has 0 heterocycles. The summed E-state index contributed by atoms with van der Waals surface area (Å²) < 4.78 is 9.47. The van der Waals surface area contributed by atoms with Crippen LogP contribution in [-0.2, 0) is 19.1 Å². The number of rotatable bonds is 7. The van der Waals surface area contributed by atoms with Gasteiger partial charge in [-0.05, 0) is 6.42 Å². The Balaban J connectivity index is 3.82. The first kappa shape index (κ1) is 12.4. The maximum atomic E-state index is 10.6. The van der Waals surface area contributed by atoms with E-state index in [9.17, 15) is 9.59 Å². The van der Waals surface area contributed by atoms with Gasteiger partial charge in [0.15, 0.2) is 0 Å². The van der Waals surface area contributed by atoms with Crippen LogP contribution in [0, 0.1) is 0 Å². The molecule has 0 aromatic carbocycles. The van der Waals surface area contributed by atoms with Gasteiger partial charge < -0.3 is 14.3 Å². The molecular weight excluding hydrogens is 184 g/mol. The van der Waals surface area contributed by atoms with Crippen molar-refractivity contribution in [1.82, 2.24) is 0 Å². The van der Waals surface area contributed by atoms with E-state index in [0.29, 0.717) is 12.8 Å². The van der Waals surface area contributed by atoms with Crippen LogP contribution in [0.5, 0.6) is 0 Å². The lowest BCUT2D eigenvalue weighted by atomic mass is 10.2. The van der Waals surface area contributed by atoms with Crippen molar-refractivity contribution in [3.63, 3.8) is 0 Å². The molecule has 0 aromatic heterocycles. The molecule has 0 amide bonds. The minimum Gasteiger partial charge on any atom is -0.494 e. The van der Waals surface area contributed by atoms with Crippen molar-refractivity contribution >= 4 is 12.3 Å². The van der Waals surface area contributed by atoms with E-state index in [1.807, 2.05) is 0 Å². The summed E-state index contributed by atoms with van der Waals surface area (Å²) in [6.45, 7) is 3.54. The fourth-order valence-corrected chi connectivity index (χ4v) is 0.738. The molecule has 0 aliphatic carbocycles. The van der Waals surface area contributed by atoms with Gasteiger partial charge in [-0.15, -0.1) is 0 Å². The number of esters is 1. The van der Waals surface area contributed by atoms with Crippen LogP contribution in [0.2, 0.25) is 0 Å². The van der Waals surface area contributed by atoms with E-state index < -0.39 is 5.97 Å². The lowest BCUT2D eigenvalue weighted by Gasteiger charge is -2.09. The van der Waals surface area contributed by atoms with Gasteiger partial charge in [0.2, 0.25) is 0 Å². The third-order valence-corrected chi connectivity index (χ3v) is 1.49. The highest BCUT2D eigenvalue weighted by atomic mass is 16.5. The minimum atomic E-state index is -0.483. The van der Waals surface area contributed by atoms with E-state index in [2.05, 4.69) is 11.3 Å². The molecule has 0 aliphatic heterocycles. The molecule has 0 aromatic rings. The maximum Gasteiger partial charge on any atom is 0.333 e. The average Bonchev–Trinajstić information content (AvgIpc) is 2.22. The van der Waals surface area contributed by atoms with Gasteiger partial charge in [-0.3, -0.25) is 0 Å². The molecule has 0 aliphatic rings. The predicted molar refractivity (Wildman–Crippen MR) is 51.5 cm³/mol. The van der Waals surface area contributed by atoms with Crippen LogP contribution < -0.4 is 0 Å². The molecule has 0 N–H and O–H groups in total. The second kappa shape index (κ2) is 8.04. The molecule has 0 radical (unpaired) electrons. The van der Waals surface area contributed by atoms with Crippen LogP contribution in [0.3, 0.4) is 0 Å². The number of aldehydes is 1. The van der Waals surface area contributed by atoms with Gasteiger partial charge in [-0.1, -0.05) is 12.7 Å². The minimum absolute atomic E-state index is 0.249. The third-order valence-electron chi connectivity index (χ3n) is 1.49. The summed E-state index contributed by atoms with van der Waals surface area (Å²) in [5.41, 5.74) is 0. The zero-order valence-electron chi connectivity index (χ0n) is 8.14. The number of carbonyl (C=O) groups excluding carboxylic acids is 2. The number of hydrogen-bond acceptors (Lipinski definition) is 4. The van der Waals surface area contributed by atoms with Crippen LogP contribution in [0.1, 0.15) is 12.8 Å². The van der Waals surface area contributed by atoms with Crippen LogP contribution in [0.15, 0.2) is 25.0 Å². The average molecular weight is 198 g/mol. The topological polar surface area (TPSA) is 52.6 Å². The molecule has 0 rings (SSSR count). The molecule has 78 valence electrons. The first-order chi connectivity index (χ1) is 6.74. The number of carbonyl (C=O) groups is 2. The van der Waals surface area contributed by atoms with Gasteiger partial charge in [0.1, 0.15) is 12.4 Å². The lowest BCUT2D eigenvalue weighted by molar-refractivity contribution is -0.135. The summed E-state index contributed by atoms with van der Waals surface area (Å²) in [6, 6.07) is 0. The van der Waals surface area contributed by atoms with E-state index in [1.165, 1.54) is 13.4 Å². The monoisotopic (exact) mass is 198 g/mol. The number of ether oxygens (including phenoxy) is 2. The second-order valence-electron chi connectivity index (χ2n) is 2.48. The summed E-state index contributed by atoms with van der Waals surface area (Å²) in [5.74, 6) is -0.483. The Bertz CT molecular complexity index is 220. The molecule has 0 fully saturated rings. The highest BCUT2D eigenvalue weighted by molar-refractivity contribution is 5.81. The van der Waals surface area contributed by atoms with Gasteiger partial charge in [-0.2, -0.15) is 0 Å². The molecule has 0 saturated carbocycles. The smallest absolute Gasteiger partial charge is 0.333 e. The first-order valence-electron chi connectivity index (χ1n) is 4.20. The predicted octanol–water partition coefficient (Wildman–Crippen LogP) is 1.22. The van der Waals surface area contributed by atoms with Crippen molar-refractivity contribution in [2.75, 3.05) is 7.11 Å². The highest BCUT2D eigenvalue weighted by Crippen LogP contribution is 2.02. The van der Waals surface area contributed by atoms with E-state index in [-0.39, 0.29) is 6.10 Å². The Morgan fingerprint density at radius 2 is 2.29 bits per heavy atom. The van der Waals surface area contributed by atoms with Gasteiger partial charge >= 0.3 is 5.97 Å². The van der Waals surface area contributed by atoms with Crippen LogP contribution in [0.25, 0.3) is 0 Å². The third kappa shape index (κ3) is 5.99. The van der Waals surface area contributed by atoms with Crippen molar-refractivity contribution in [1.29, 1.82) is 0 Å². The molecular formula is C10H14O4.